The molecule has 1 unspecified atom stereocenters. The van der Waals surface area contributed by atoms with E-state index in [9.17, 15) is 9.18 Å². The number of hydrogen-bond acceptors (Lipinski definition) is 3. The van der Waals surface area contributed by atoms with E-state index < -0.39 is 17.7 Å². The molecule has 70 valence electrons. The highest BCUT2D eigenvalue weighted by atomic mass is 19.1. The van der Waals surface area contributed by atoms with Crippen LogP contribution < -0.4 is 0 Å². The summed E-state index contributed by atoms with van der Waals surface area (Å²) in [6.07, 6.45) is 4.01. The molecule has 1 rings (SSSR count). The molecule has 0 spiro atoms. The molecule has 1 atom stereocenters. The van der Waals surface area contributed by atoms with Gasteiger partial charge in [0.05, 0.1) is 12.3 Å². The van der Waals surface area contributed by atoms with E-state index in [2.05, 4.69) is 4.74 Å². The Hall–Kier alpha value is -1.45. The van der Waals surface area contributed by atoms with E-state index in [0.717, 1.165) is 6.08 Å². The molecule has 0 heterocycles. The smallest absolute Gasteiger partial charge is 0.319 e. The van der Waals surface area contributed by atoms with Crippen molar-refractivity contribution >= 4 is 11.7 Å². The fraction of sp³-hybridized carbons (Fsp3) is 0.333. The molecular weight excluding hydrogens is 173 g/mol. The molecule has 1 aliphatic rings. The molecule has 0 fully saturated rings. The van der Waals surface area contributed by atoms with Gasteiger partial charge in [0.2, 0.25) is 0 Å². The predicted molar refractivity (Wildman–Crippen MR) is 46.2 cm³/mol. The maximum Gasteiger partial charge on any atom is 0.319 e. The molecule has 0 bridgehead atoms. The topological polar surface area (TPSA) is 50.2 Å². The Morgan fingerprint density at radius 2 is 2.46 bits per heavy atom. The number of esters is 1. The fourth-order valence-electron chi connectivity index (χ4n) is 1.01. The van der Waals surface area contributed by atoms with Crippen LogP contribution in [0.2, 0.25) is 0 Å². The number of rotatable bonds is 2. The standard InChI is InChI=1S/C9H10FNO2/c1-2-13-9(12)6-4-3-5-7(10)8(6)11/h3-6,11H,2H2,1H3. The Morgan fingerprint density at radius 1 is 1.77 bits per heavy atom. The molecule has 1 N–H and O–H groups in total. The summed E-state index contributed by atoms with van der Waals surface area (Å²) >= 11 is 0. The average Bonchev–Trinajstić information content (AvgIpc) is 2.10. The minimum atomic E-state index is -0.884. The maximum absolute atomic E-state index is 12.8. The second kappa shape index (κ2) is 3.98. The lowest BCUT2D eigenvalue weighted by Crippen LogP contribution is -2.25. The van der Waals surface area contributed by atoms with Gasteiger partial charge in [-0.25, -0.2) is 4.39 Å². The summed E-state index contributed by atoms with van der Waals surface area (Å²) in [5.41, 5.74) is -0.332. The van der Waals surface area contributed by atoms with Crippen LogP contribution >= 0.6 is 0 Å². The first kappa shape index (κ1) is 9.64. The van der Waals surface area contributed by atoms with Crippen LogP contribution in [0, 0.1) is 11.3 Å². The summed E-state index contributed by atoms with van der Waals surface area (Å²) in [6.45, 7) is 1.90. The van der Waals surface area contributed by atoms with Gasteiger partial charge in [-0.05, 0) is 13.0 Å². The SMILES string of the molecule is CCOC(=O)C1C=CC=C(F)C1=N. The van der Waals surface area contributed by atoms with Gasteiger partial charge in [-0.3, -0.25) is 4.79 Å². The summed E-state index contributed by atoms with van der Waals surface area (Å²) in [5, 5.41) is 7.27. The molecule has 13 heavy (non-hydrogen) atoms. The molecule has 4 heteroatoms. The number of halogens is 1. The maximum atomic E-state index is 12.8. The van der Waals surface area contributed by atoms with Crippen molar-refractivity contribution < 1.29 is 13.9 Å². The number of allylic oxidation sites excluding steroid dienone is 3. The van der Waals surface area contributed by atoms with Crippen molar-refractivity contribution in [1.29, 1.82) is 5.41 Å². The molecule has 0 aromatic carbocycles. The van der Waals surface area contributed by atoms with E-state index in [1.54, 1.807) is 6.92 Å². The number of nitrogens with one attached hydrogen (secondary N) is 1. The fourth-order valence-corrected chi connectivity index (χ4v) is 1.01. The van der Waals surface area contributed by atoms with Crippen molar-refractivity contribution in [3.05, 3.63) is 24.1 Å². The van der Waals surface area contributed by atoms with Crippen molar-refractivity contribution in [3.8, 4) is 0 Å². The molecule has 0 aromatic rings. The molecule has 0 amide bonds. The third kappa shape index (κ3) is 2.02. The monoisotopic (exact) mass is 183 g/mol. The van der Waals surface area contributed by atoms with Gasteiger partial charge in [0.25, 0.3) is 0 Å². The van der Waals surface area contributed by atoms with Crippen LogP contribution in [-0.2, 0) is 9.53 Å². The Balaban J connectivity index is 2.73. The largest absolute Gasteiger partial charge is 0.465 e. The Kier molecular flexibility index (Phi) is 2.95. The highest BCUT2D eigenvalue weighted by Crippen LogP contribution is 2.17. The van der Waals surface area contributed by atoms with Crippen LogP contribution in [0.3, 0.4) is 0 Å². The third-order valence-corrected chi connectivity index (χ3v) is 1.65. The molecule has 0 saturated carbocycles. The van der Waals surface area contributed by atoms with Crippen LogP contribution in [0.4, 0.5) is 4.39 Å². The van der Waals surface area contributed by atoms with Crippen molar-refractivity contribution in [2.75, 3.05) is 6.61 Å². The van der Waals surface area contributed by atoms with Gasteiger partial charge >= 0.3 is 5.97 Å². The molecular formula is C9H10FNO2. The van der Waals surface area contributed by atoms with E-state index in [4.69, 9.17) is 5.41 Å². The van der Waals surface area contributed by atoms with E-state index in [1.807, 2.05) is 0 Å². The summed E-state index contributed by atoms with van der Waals surface area (Å²) in [6, 6.07) is 0. The lowest BCUT2D eigenvalue weighted by atomic mass is 9.98. The van der Waals surface area contributed by atoms with Crippen LogP contribution in [0.1, 0.15) is 6.92 Å². The quantitative estimate of drug-likeness (QED) is 0.661. The van der Waals surface area contributed by atoms with Crippen molar-refractivity contribution in [2.24, 2.45) is 5.92 Å². The molecule has 1 aliphatic carbocycles. The lowest BCUT2D eigenvalue weighted by molar-refractivity contribution is -0.144. The molecule has 0 saturated heterocycles. The van der Waals surface area contributed by atoms with Gasteiger partial charge in [-0.1, -0.05) is 12.2 Å². The zero-order valence-electron chi connectivity index (χ0n) is 7.21. The van der Waals surface area contributed by atoms with E-state index in [0.29, 0.717) is 0 Å². The zero-order valence-corrected chi connectivity index (χ0v) is 7.21. The average molecular weight is 183 g/mol. The zero-order chi connectivity index (χ0) is 9.84. The summed E-state index contributed by atoms with van der Waals surface area (Å²) in [4.78, 5) is 11.1. The second-order valence-corrected chi connectivity index (χ2v) is 2.54. The van der Waals surface area contributed by atoms with Crippen LogP contribution in [0.5, 0.6) is 0 Å². The van der Waals surface area contributed by atoms with Gasteiger partial charge < -0.3 is 10.1 Å². The van der Waals surface area contributed by atoms with Crippen molar-refractivity contribution in [3.63, 3.8) is 0 Å². The van der Waals surface area contributed by atoms with E-state index in [-0.39, 0.29) is 12.3 Å². The Labute approximate surface area is 75.4 Å². The normalized spacial score (nSPS) is 21.2. The van der Waals surface area contributed by atoms with Gasteiger partial charge in [-0.15, -0.1) is 0 Å². The summed E-state index contributed by atoms with van der Waals surface area (Å²) in [5.74, 6) is -2.14. The Bertz CT molecular complexity index is 294. The first-order valence-electron chi connectivity index (χ1n) is 3.96. The highest BCUT2D eigenvalue weighted by molar-refractivity contribution is 6.11. The first-order valence-corrected chi connectivity index (χ1v) is 3.96. The van der Waals surface area contributed by atoms with Gasteiger partial charge in [-0.2, -0.15) is 0 Å². The number of carbonyl (C=O) groups is 1. The molecule has 0 aliphatic heterocycles. The summed E-state index contributed by atoms with van der Waals surface area (Å²) in [7, 11) is 0. The van der Waals surface area contributed by atoms with E-state index >= 15 is 0 Å². The van der Waals surface area contributed by atoms with Gasteiger partial charge in [0.15, 0.2) is 0 Å². The third-order valence-electron chi connectivity index (χ3n) is 1.65. The molecule has 3 nitrogen and oxygen atoms in total. The summed E-state index contributed by atoms with van der Waals surface area (Å²) < 4.78 is 17.5. The van der Waals surface area contributed by atoms with Gasteiger partial charge in [0.1, 0.15) is 11.7 Å². The van der Waals surface area contributed by atoms with Crippen molar-refractivity contribution in [1.82, 2.24) is 0 Å². The number of carbonyl (C=O) groups excluding carboxylic acids is 1. The predicted octanol–water partition coefficient (Wildman–Crippen LogP) is 1.61. The minimum Gasteiger partial charge on any atom is -0.465 e. The number of ether oxygens (including phenoxy) is 1. The van der Waals surface area contributed by atoms with Crippen LogP contribution in [0.15, 0.2) is 24.1 Å². The van der Waals surface area contributed by atoms with Crippen molar-refractivity contribution in [2.45, 2.75) is 6.92 Å². The first-order chi connectivity index (χ1) is 6.16. The highest BCUT2D eigenvalue weighted by Gasteiger charge is 2.26. The number of hydrogen-bond donors (Lipinski definition) is 1. The second-order valence-electron chi connectivity index (χ2n) is 2.54. The van der Waals surface area contributed by atoms with E-state index in [1.165, 1.54) is 12.2 Å². The molecule has 0 aromatic heterocycles. The molecule has 0 radical (unpaired) electrons. The van der Waals surface area contributed by atoms with Crippen LogP contribution in [-0.4, -0.2) is 18.3 Å². The lowest BCUT2D eigenvalue weighted by Gasteiger charge is -2.13. The minimum absolute atomic E-state index is 0.238. The van der Waals surface area contributed by atoms with Crippen LogP contribution in [0.25, 0.3) is 0 Å². The Morgan fingerprint density at radius 3 is 3.08 bits per heavy atom. The van der Waals surface area contributed by atoms with Gasteiger partial charge in [0, 0.05) is 0 Å².